The van der Waals surface area contributed by atoms with Gasteiger partial charge in [-0.1, -0.05) is 0 Å². The van der Waals surface area contributed by atoms with Crippen molar-refractivity contribution in [1.82, 2.24) is 0 Å². The zero-order chi connectivity index (χ0) is 11.1. The highest BCUT2D eigenvalue weighted by Gasteiger charge is 2.72. The van der Waals surface area contributed by atoms with E-state index in [2.05, 4.69) is 0 Å². The molecule has 0 rings (SSSR count). The Labute approximate surface area is 79.7 Å². The number of hydrogen-bond acceptors (Lipinski definition) is 2. The van der Waals surface area contributed by atoms with E-state index >= 15 is 0 Å². The van der Waals surface area contributed by atoms with Gasteiger partial charge >= 0.3 is 18.0 Å². The van der Waals surface area contributed by atoms with E-state index < -0.39 is 24.1 Å². The maximum atomic E-state index is 12.2. The summed E-state index contributed by atoms with van der Waals surface area (Å²) in [5, 5.41) is 16.0. The van der Waals surface area contributed by atoms with Crippen molar-refractivity contribution >= 4 is 0 Å². The topological polar surface area (TPSA) is 103 Å². The molecule has 6 N–H and O–H groups in total. The minimum Gasteiger partial charge on any atom is -0.412 e. The summed E-state index contributed by atoms with van der Waals surface area (Å²) in [5.74, 6) is -11.0. The predicted molar refractivity (Wildman–Crippen MR) is 36.0 cm³/mol. The molecule has 10 heteroatoms. The smallest absolute Gasteiger partial charge is 0.412 e. The lowest BCUT2D eigenvalue weighted by Gasteiger charge is -2.31. The van der Waals surface area contributed by atoms with Gasteiger partial charge < -0.3 is 21.2 Å². The molecule has 96 valence electrons. The highest BCUT2D eigenvalue weighted by molar-refractivity contribution is 4.93. The van der Waals surface area contributed by atoms with Crippen LogP contribution in [0, 0.1) is 0 Å². The van der Waals surface area contributed by atoms with Crippen molar-refractivity contribution in [3.8, 4) is 0 Å². The molecule has 15 heavy (non-hydrogen) atoms. The molecule has 2 atom stereocenters. The van der Waals surface area contributed by atoms with Crippen LogP contribution in [0.3, 0.4) is 0 Å². The average molecular weight is 248 g/mol. The van der Waals surface area contributed by atoms with Crippen LogP contribution in [0.5, 0.6) is 0 Å². The van der Waals surface area contributed by atoms with Gasteiger partial charge in [-0.2, -0.15) is 26.3 Å². The molecule has 0 aliphatic heterocycles. The van der Waals surface area contributed by atoms with Crippen molar-refractivity contribution in [3.63, 3.8) is 0 Å². The van der Waals surface area contributed by atoms with Gasteiger partial charge in [0.1, 0.15) is 6.10 Å². The van der Waals surface area contributed by atoms with E-state index in [1.54, 1.807) is 0 Å². The largest absolute Gasteiger partial charge is 0.454 e. The second-order valence-corrected chi connectivity index (χ2v) is 2.42. The first-order chi connectivity index (χ1) is 5.44. The average Bonchev–Trinajstić information content (AvgIpc) is 1.84. The Balaban J connectivity index is -0.000000720. The normalized spacial score (nSPS) is 18.2. The van der Waals surface area contributed by atoms with Gasteiger partial charge in [-0.15, -0.1) is 0 Å². The Morgan fingerprint density at radius 1 is 0.933 bits per heavy atom. The molecule has 0 bridgehead atoms. The molecular weight excluding hydrogens is 238 g/mol. The van der Waals surface area contributed by atoms with E-state index in [1.165, 1.54) is 0 Å². The predicted octanol–water partition coefficient (Wildman–Crippen LogP) is -0.426. The third-order valence-corrected chi connectivity index (χ3v) is 1.34. The number of rotatable bonds is 2. The van der Waals surface area contributed by atoms with E-state index in [4.69, 9.17) is 10.2 Å². The Morgan fingerprint density at radius 3 is 1.27 bits per heavy atom. The molecule has 4 nitrogen and oxygen atoms in total. The number of alkyl halides is 6. The van der Waals surface area contributed by atoms with Crippen LogP contribution >= 0.6 is 0 Å². The fourth-order valence-electron chi connectivity index (χ4n) is 0.466. The summed E-state index contributed by atoms with van der Waals surface area (Å²) in [4.78, 5) is 0. The first kappa shape index (κ1) is 19.9. The lowest BCUT2D eigenvalue weighted by Crippen LogP contribution is -2.59. The van der Waals surface area contributed by atoms with Gasteiger partial charge in [0.05, 0.1) is 0 Å². The van der Waals surface area contributed by atoms with Crippen LogP contribution < -0.4 is 0 Å². The molecule has 0 spiro atoms. The minimum absolute atomic E-state index is 0. The van der Waals surface area contributed by atoms with Crippen molar-refractivity contribution in [3.05, 3.63) is 0 Å². The SMILES string of the molecule is CC(O)C(F)(F)C(O)(F)C(F)(F)F.O.O. The Bertz CT molecular complexity index is 188. The summed E-state index contributed by atoms with van der Waals surface area (Å²) >= 11 is 0. The number of aliphatic hydroxyl groups excluding tert-OH is 1. The Hall–Kier alpha value is -0.580. The molecule has 0 aliphatic carbocycles. The number of halogens is 6. The molecule has 0 heterocycles. The highest BCUT2D eigenvalue weighted by Crippen LogP contribution is 2.44. The second kappa shape index (κ2) is 4.96. The van der Waals surface area contributed by atoms with Gasteiger partial charge in [0.15, 0.2) is 0 Å². The zero-order valence-electron chi connectivity index (χ0n) is 7.24. The van der Waals surface area contributed by atoms with Crippen LogP contribution in [0.15, 0.2) is 0 Å². The zero-order valence-corrected chi connectivity index (χ0v) is 7.24. The molecule has 0 aromatic heterocycles. The third-order valence-electron chi connectivity index (χ3n) is 1.34. The van der Waals surface area contributed by atoms with Gasteiger partial charge in [-0.3, -0.25) is 0 Å². The van der Waals surface area contributed by atoms with Crippen LogP contribution in [-0.4, -0.2) is 45.2 Å². The molecule has 0 amide bonds. The fourth-order valence-corrected chi connectivity index (χ4v) is 0.466. The highest BCUT2D eigenvalue weighted by atomic mass is 19.4. The van der Waals surface area contributed by atoms with Crippen molar-refractivity contribution in [1.29, 1.82) is 0 Å². The summed E-state index contributed by atoms with van der Waals surface area (Å²) in [7, 11) is 0. The van der Waals surface area contributed by atoms with Gasteiger partial charge in [0.25, 0.3) is 0 Å². The van der Waals surface area contributed by atoms with Crippen LogP contribution in [0.25, 0.3) is 0 Å². The Kier molecular flexibility index (Phi) is 6.59. The maximum Gasteiger partial charge on any atom is 0.454 e. The molecule has 2 unspecified atom stereocenters. The number of aliphatic hydroxyl groups is 2. The van der Waals surface area contributed by atoms with Crippen LogP contribution in [0.1, 0.15) is 6.92 Å². The third kappa shape index (κ3) is 3.19. The van der Waals surface area contributed by atoms with Gasteiger partial charge in [-0.05, 0) is 6.92 Å². The minimum atomic E-state index is -6.16. The number of hydrogen-bond donors (Lipinski definition) is 2. The molecule has 0 aliphatic rings. The summed E-state index contributed by atoms with van der Waals surface area (Å²) in [5.41, 5.74) is 0. The summed E-state index contributed by atoms with van der Waals surface area (Å²) in [6.45, 7) is 0.232. The quantitative estimate of drug-likeness (QED) is 0.647. The van der Waals surface area contributed by atoms with E-state index in [0.717, 1.165) is 0 Å². The van der Waals surface area contributed by atoms with E-state index in [0.29, 0.717) is 0 Å². The van der Waals surface area contributed by atoms with Crippen LogP contribution in [0.4, 0.5) is 26.3 Å². The molecule has 0 saturated carbocycles. The summed E-state index contributed by atoms with van der Waals surface area (Å²) < 4.78 is 71.0. The second-order valence-electron chi connectivity index (χ2n) is 2.42. The summed E-state index contributed by atoms with van der Waals surface area (Å²) in [6.07, 6.45) is -9.11. The van der Waals surface area contributed by atoms with Crippen molar-refractivity contribution in [2.45, 2.75) is 31.0 Å². The molecule has 0 saturated heterocycles. The summed E-state index contributed by atoms with van der Waals surface area (Å²) in [6, 6.07) is 0. The monoisotopic (exact) mass is 248 g/mol. The Morgan fingerprint density at radius 2 is 1.20 bits per heavy atom. The van der Waals surface area contributed by atoms with E-state index in [9.17, 15) is 26.3 Å². The van der Waals surface area contributed by atoms with Crippen molar-refractivity contribution < 1.29 is 47.5 Å². The van der Waals surface area contributed by atoms with Crippen LogP contribution in [0.2, 0.25) is 0 Å². The lowest BCUT2D eigenvalue weighted by atomic mass is 10.1. The van der Waals surface area contributed by atoms with Crippen LogP contribution in [-0.2, 0) is 0 Å². The molecular formula is C5H10F6O4. The van der Waals surface area contributed by atoms with E-state index in [1.807, 2.05) is 0 Å². The van der Waals surface area contributed by atoms with Crippen molar-refractivity contribution in [2.75, 3.05) is 0 Å². The van der Waals surface area contributed by atoms with E-state index in [-0.39, 0.29) is 17.9 Å². The van der Waals surface area contributed by atoms with Gasteiger partial charge in [0.2, 0.25) is 0 Å². The lowest BCUT2D eigenvalue weighted by molar-refractivity contribution is -0.398. The first-order valence-electron chi connectivity index (χ1n) is 2.98. The standard InChI is InChI=1S/C5H6F6O2.2H2O/c1-2(12)3(6,7)4(8,13)5(9,10)11;;/h2,12-13H,1H3;2*1H2. The fraction of sp³-hybridized carbons (Fsp3) is 1.00. The van der Waals surface area contributed by atoms with Gasteiger partial charge in [-0.25, -0.2) is 0 Å². The molecule has 0 radical (unpaired) electrons. The first-order valence-corrected chi connectivity index (χ1v) is 2.98. The van der Waals surface area contributed by atoms with Crippen molar-refractivity contribution in [2.24, 2.45) is 0 Å². The molecule has 0 fully saturated rings. The van der Waals surface area contributed by atoms with Gasteiger partial charge in [0, 0.05) is 0 Å². The molecule has 0 aromatic rings. The molecule has 0 aromatic carbocycles. The maximum absolute atomic E-state index is 12.2.